The minimum Gasteiger partial charge on any atom is -0.545 e. The summed E-state index contributed by atoms with van der Waals surface area (Å²) >= 11 is 5.56. The maximum Gasteiger partial charge on any atom is 0.210 e. The lowest BCUT2D eigenvalue weighted by atomic mass is 10.0. The van der Waals surface area contributed by atoms with Gasteiger partial charge in [-0.3, -0.25) is 4.79 Å². The van der Waals surface area contributed by atoms with Gasteiger partial charge >= 0.3 is 0 Å². The van der Waals surface area contributed by atoms with Crippen molar-refractivity contribution in [1.29, 1.82) is 0 Å². The van der Waals surface area contributed by atoms with Gasteiger partial charge in [-0.2, -0.15) is 0 Å². The molecule has 0 bridgehead atoms. The molecule has 3 rings (SSSR count). The Morgan fingerprint density at radius 2 is 2.07 bits per heavy atom. The minimum absolute atomic E-state index is 0.00657. The molecule has 0 spiro atoms. The third-order valence-electron chi connectivity index (χ3n) is 4.66. The molecule has 1 atom stereocenters. The van der Waals surface area contributed by atoms with Gasteiger partial charge in [0.25, 0.3) is 0 Å². The highest BCUT2D eigenvalue weighted by Crippen LogP contribution is 2.32. The Kier molecular flexibility index (Phi) is 6.10. The lowest BCUT2D eigenvalue weighted by Gasteiger charge is -2.16. The average molecular weight is 416 g/mol. The van der Waals surface area contributed by atoms with Gasteiger partial charge in [0.1, 0.15) is 11.4 Å². The maximum absolute atomic E-state index is 13.2. The first-order chi connectivity index (χ1) is 13.9. The van der Waals surface area contributed by atoms with Crippen LogP contribution in [0.15, 0.2) is 42.6 Å². The molecule has 0 aliphatic rings. The highest BCUT2D eigenvalue weighted by atomic mass is 35.5. The zero-order valence-electron chi connectivity index (χ0n) is 15.9. The van der Waals surface area contributed by atoms with Crippen LogP contribution in [0.25, 0.3) is 5.52 Å². The summed E-state index contributed by atoms with van der Waals surface area (Å²) in [5.41, 5.74) is 2.04. The molecule has 2 heterocycles. The molecule has 2 N–H and O–H groups in total. The van der Waals surface area contributed by atoms with Gasteiger partial charge in [-0.15, -0.1) is 11.6 Å². The predicted octanol–water partition coefficient (Wildman–Crippen LogP) is 1.86. The van der Waals surface area contributed by atoms with Crippen molar-refractivity contribution in [3.05, 3.63) is 65.0 Å². The number of benzene rings is 1. The molecule has 0 radical (unpaired) electrons. The van der Waals surface area contributed by atoms with E-state index >= 15 is 0 Å². The third kappa shape index (κ3) is 3.92. The van der Waals surface area contributed by atoms with E-state index in [0.717, 1.165) is 5.52 Å². The van der Waals surface area contributed by atoms with Gasteiger partial charge < -0.3 is 29.5 Å². The molecular formula is C21H20ClN2O5-. The molecule has 0 saturated heterocycles. The number of hydrogen-bond acceptors (Lipinski definition) is 6. The number of rotatable bonds is 8. The number of hydrogen-bond donors (Lipinski definition) is 2. The van der Waals surface area contributed by atoms with Crippen molar-refractivity contribution in [1.82, 2.24) is 4.40 Å². The fraction of sp³-hybridized carbons (Fsp3) is 0.238. The first-order valence-electron chi connectivity index (χ1n) is 8.90. The number of aliphatic hydroxyl groups excluding tert-OH is 1. The Morgan fingerprint density at radius 3 is 2.72 bits per heavy atom. The molecule has 1 unspecified atom stereocenters. The van der Waals surface area contributed by atoms with Crippen molar-refractivity contribution in [3.8, 4) is 5.75 Å². The van der Waals surface area contributed by atoms with Crippen LogP contribution < -0.4 is 15.2 Å². The largest absolute Gasteiger partial charge is 0.545 e. The van der Waals surface area contributed by atoms with Gasteiger partial charge in [-0.25, -0.2) is 0 Å². The van der Waals surface area contributed by atoms with E-state index in [1.807, 2.05) is 12.1 Å². The fourth-order valence-electron chi connectivity index (χ4n) is 3.27. The van der Waals surface area contributed by atoms with E-state index in [4.69, 9.17) is 16.3 Å². The second-order valence-corrected chi connectivity index (χ2v) is 6.84. The Morgan fingerprint density at radius 1 is 1.31 bits per heavy atom. The van der Waals surface area contributed by atoms with Gasteiger partial charge in [0.15, 0.2) is 0 Å². The van der Waals surface area contributed by atoms with Crippen molar-refractivity contribution < 1.29 is 24.5 Å². The molecule has 29 heavy (non-hydrogen) atoms. The summed E-state index contributed by atoms with van der Waals surface area (Å²) < 4.78 is 7.17. The van der Waals surface area contributed by atoms with E-state index in [1.165, 1.54) is 25.3 Å². The SMILES string of the molecule is COc1c(C)c(C(=O)c2ccc(NCC(O)CCl)c(C(=O)[O-])c2)n2ccccc12. The number of ether oxygens (including phenoxy) is 1. The highest BCUT2D eigenvalue weighted by molar-refractivity contribution is 6.18. The normalized spacial score (nSPS) is 12.0. The van der Waals surface area contributed by atoms with Crippen LogP contribution in [0.1, 0.15) is 32.0 Å². The number of carbonyl (C=O) groups is 2. The van der Waals surface area contributed by atoms with Crippen LogP contribution in [0.3, 0.4) is 0 Å². The van der Waals surface area contributed by atoms with Crippen molar-refractivity contribution >= 4 is 34.6 Å². The number of carbonyl (C=O) groups excluding carboxylic acids is 2. The van der Waals surface area contributed by atoms with E-state index in [1.54, 1.807) is 23.6 Å². The van der Waals surface area contributed by atoms with Crippen LogP contribution in [0.2, 0.25) is 0 Å². The van der Waals surface area contributed by atoms with Crippen LogP contribution in [-0.4, -0.2) is 46.9 Å². The average Bonchev–Trinajstić information content (AvgIpc) is 3.02. The van der Waals surface area contributed by atoms with E-state index in [2.05, 4.69) is 5.32 Å². The Labute approximate surface area is 172 Å². The molecule has 1 aromatic carbocycles. The van der Waals surface area contributed by atoms with Crippen LogP contribution in [0, 0.1) is 6.92 Å². The number of halogens is 1. The summed E-state index contributed by atoms with van der Waals surface area (Å²) in [5.74, 6) is -1.19. The Hall–Kier alpha value is -3.03. The first kappa shape index (κ1) is 20.7. The summed E-state index contributed by atoms with van der Waals surface area (Å²) in [5, 5.41) is 24.0. The zero-order valence-corrected chi connectivity index (χ0v) is 16.7. The van der Waals surface area contributed by atoms with E-state index < -0.39 is 12.1 Å². The topological polar surface area (TPSA) is 103 Å². The monoisotopic (exact) mass is 415 g/mol. The number of anilines is 1. The van der Waals surface area contributed by atoms with Gasteiger partial charge in [0.05, 0.1) is 30.6 Å². The lowest BCUT2D eigenvalue weighted by Crippen LogP contribution is -2.26. The standard InChI is InChI=1S/C21H21ClN2O5/c1-12-18(24-8-4-3-5-17(24)20(12)29-2)19(26)13-6-7-16(15(9-13)21(27)28)23-11-14(25)10-22/h3-9,14,23,25H,10-11H2,1-2H3,(H,27,28)/p-1. The van der Waals surface area contributed by atoms with Crippen LogP contribution in [0.5, 0.6) is 5.75 Å². The molecule has 0 aliphatic carbocycles. The van der Waals surface area contributed by atoms with Crippen molar-refractivity contribution in [2.24, 2.45) is 0 Å². The molecule has 2 aromatic heterocycles. The van der Waals surface area contributed by atoms with Gasteiger partial charge in [-0.1, -0.05) is 6.07 Å². The second kappa shape index (κ2) is 8.55. The summed E-state index contributed by atoms with van der Waals surface area (Å²) in [6.45, 7) is 1.85. The number of alkyl halides is 1. The quantitative estimate of drug-likeness (QED) is 0.430. The number of carboxylic acid groups (broad SMARTS) is 1. The lowest BCUT2D eigenvalue weighted by molar-refractivity contribution is -0.254. The number of methoxy groups -OCH3 is 1. The maximum atomic E-state index is 13.2. The minimum atomic E-state index is -1.43. The van der Waals surface area contributed by atoms with E-state index in [0.29, 0.717) is 17.0 Å². The number of carboxylic acids is 1. The Bertz CT molecular complexity index is 1080. The zero-order chi connectivity index (χ0) is 21.1. The highest BCUT2D eigenvalue weighted by Gasteiger charge is 2.23. The molecule has 0 aliphatic heterocycles. The number of aromatic carboxylic acids is 1. The third-order valence-corrected chi connectivity index (χ3v) is 5.01. The number of fused-ring (bicyclic) bond motifs is 1. The van der Waals surface area contributed by atoms with Gasteiger partial charge in [-0.05, 0) is 37.3 Å². The van der Waals surface area contributed by atoms with Crippen molar-refractivity contribution in [3.63, 3.8) is 0 Å². The molecule has 8 heteroatoms. The molecule has 152 valence electrons. The summed E-state index contributed by atoms with van der Waals surface area (Å²) in [7, 11) is 1.54. The number of aliphatic hydroxyl groups is 1. The summed E-state index contributed by atoms with van der Waals surface area (Å²) in [6, 6.07) is 9.74. The number of aromatic nitrogens is 1. The molecule has 0 fully saturated rings. The van der Waals surface area contributed by atoms with Crippen LogP contribution in [0.4, 0.5) is 5.69 Å². The molecule has 7 nitrogen and oxygen atoms in total. The van der Waals surface area contributed by atoms with Crippen LogP contribution >= 0.6 is 11.6 Å². The summed E-state index contributed by atoms with van der Waals surface area (Å²) in [6.07, 6.45) is 0.913. The van der Waals surface area contributed by atoms with Crippen molar-refractivity contribution in [2.45, 2.75) is 13.0 Å². The fourth-order valence-corrected chi connectivity index (χ4v) is 3.38. The smallest absolute Gasteiger partial charge is 0.210 e. The summed E-state index contributed by atoms with van der Waals surface area (Å²) in [4.78, 5) is 24.8. The predicted molar refractivity (Wildman–Crippen MR) is 108 cm³/mol. The van der Waals surface area contributed by atoms with Crippen LogP contribution in [-0.2, 0) is 0 Å². The molecule has 0 amide bonds. The number of pyridine rings is 1. The number of ketones is 1. The molecule has 0 saturated carbocycles. The van der Waals surface area contributed by atoms with Gasteiger partial charge in [0, 0.05) is 35.1 Å². The van der Waals surface area contributed by atoms with E-state index in [-0.39, 0.29) is 35.0 Å². The molecule has 3 aromatic rings. The molecular weight excluding hydrogens is 396 g/mol. The number of nitrogens with one attached hydrogen (secondary N) is 1. The van der Waals surface area contributed by atoms with Crippen molar-refractivity contribution in [2.75, 3.05) is 24.9 Å². The number of nitrogens with zero attached hydrogens (tertiary/aromatic N) is 1. The Balaban J connectivity index is 2.04. The first-order valence-corrected chi connectivity index (χ1v) is 9.44. The van der Waals surface area contributed by atoms with Gasteiger partial charge in [0.2, 0.25) is 5.78 Å². The van der Waals surface area contributed by atoms with E-state index in [9.17, 15) is 19.8 Å². The second-order valence-electron chi connectivity index (χ2n) is 6.53.